The van der Waals surface area contributed by atoms with E-state index in [2.05, 4.69) is 0 Å². The molecule has 0 saturated carbocycles. The molecule has 0 bridgehead atoms. The van der Waals surface area contributed by atoms with Gasteiger partial charge in [-0.25, -0.2) is 0 Å². The molecule has 0 aromatic rings. The van der Waals surface area contributed by atoms with Crippen molar-refractivity contribution in [2.24, 2.45) is 5.92 Å². The standard InChI is InChI=1S/C9H16O2/c1-7(2)9(3,10)8-5-4-6-11-8/h5,7,10H,4,6H2,1-3H3. The van der Waals surface area contributed by atoms with E-state index in [-0.39, 0.29) is 5.92 Å². The zero-order valence-electron chi connectivity index (χ0n) is 7.42. The average molecular weight is 156 g/mol. The van der Waals surface area contributed by atoms with Crippen LogP contribution in [0.2, 0.25) is 0 Å². The van der Waals surface area contributed by atoms with Gasteiger partial charge in [0.2, 0.25) is 0 Å². The monoisotopic (exact) mass is 156 g/mol. The van der Waals surface area contributed by atoms with Gasteiger partial charge in [-0.3, -0.25) is 0 Å². The van der Waals surface area contributed by atoms with Crippen LogP contribution in [0.4, 0.5) is 0 Å². The maximum absolute atomic E-state index is 9.90. The summed E-state index contributed by atoms with van der Waals surface area (Å²) in [4.78, 5) is 0. The van der Waals surface area contributed by atoms with E-state index in [9.17, 15) is 5.11 Å². The van der Waals surface area contributed by atoms with Crippen LogP contribution < -0.4 is 0 Å². The van der Waals surface area contributed by atoms with Gasteiger partial charge in [0.05, 0.1) is 6.61 Å². The molecular formula is C9H16O2. The molecule has 1 atom stereocenters. The summed E-state index contributed by atoms with van der Waals surface area (Å²) in [5.74, 6) is 0.944. The highest BCUT2D eigenvalue weighted by Gasteiger charge is 2.32. The zero-order valence-corrected chi connectivity index (χ0v) is 7.42. The molecule has 1 rings (SSSR count). The number of ether oxygens (including phenoxy) is 1. The van der Waals surface area contributed by atoms with Crippen LogP contribution in [0.15, 0.2) is 11.8 Å². The second kappa shape index (κ2) is 2.86. The lowest BCUT2D eigenvalue weighted by Crippen LogP contribution is -2.33. The fraction of sp³-hybridized carbons (Fsp3) is 0.778. The van der Waals surface area contributed by atoms with Crippen molar-refractivity contribution >= 4 is 0 Å². The van der Waals surface area contributed by atoms with E-state index in [1.165, 1.54) is 0 Å². The van der Waals surface area contributed by atoms with Crippen LogP contribution in [0.1, 0.15) is 27.2 Å². The lowest BCUT2D eigenvalue weighted by atomic mass is 9.90. The van der Waals surface area contributed by atoms with Crippen molar-refractivity contribution in [1.82, 2.24) is 0 Å². The van der Waals surface area contributed by atoms with Crippen LogP contribution in [0.3, 0.4) is 0 Å². The maximum Gasteiger partial charge on any atom is 0.124 e. The molecule has 2 nitrogen and oxygen atoms in total. The smallest absolute Gasteiger partial charge is 0.124 e. The van der Waals surface area contributed by atoms with Crippen LogP contribution in [0.5, 0.6) is 0 Å². The minimum atomic E-state index is -0.781. The van der Waals surface area contributed by atoms with Gasteiger partial charge in [-0.05, 0) is 18.9 Å². The predicted octanol–water partition coefficient (Wildman–Crippen LogP) is 1.70. The van der Waals surface area contributed by atoms with Crippen LogP contribution in [-0.4, -0.2) is 17.3 Å². The lowest BCUT2D eigenvalue weighted by Gasteiger charge is -2.28. The second-order valence-electron chi connectivity index (χ2n) is 3.51. The largest absolute Gasteiger partial charge is 0.495 e. The van der Waals surface area contributed by atoms with Crippen LogP contribution in [-0.2, 0) is 4.74 Å². The SMILES string of the molecule is CC(C)C(C)(O)C1=CCCO1. The summed E-state index contributed by atoms with van der Waals surface area (Å²) >= 11 is 0. The molecule has 64 valence electrons. The third kappa shape index (κ3) is 1.56. The van der Waals surface area contributed by atoms with Crippen LogP contribution in [0, 0.1) is 5.92 Å². The number of rotatable bonds is 2. The molecule has 1 heterocycles. The molecule has 0 aromatic heterocycles. The Labute approximate surface area is 67.9 Å². The second-order valence-corrected chi connectivity index (χ2v) is 3.51. The van der Waals surface area contributed by atoms with Gasteiger partial charge in [-0.15, -0.1) is 0 Å². The van der Waals surface area contributed by atoms with Crippen molar-refractivity contribution in [1.29, 1.82) is 0 Å². The van der Waals surface area contributed by atoms with Gasteiger partial charge in [0.15, 0.2) is 0 Å². The minimum Gasteiger partial charge on any atom is -0.495 e. The first-order valence-corrected chi connectivity index (χ1v) is 4.11. The van der Waals surface area contributed by atoms with E-state index in [1.807, 2.05) is 19.9 Å². The van der Waals surface area contributed by atoms with Crippen LogP contribution in [0.25, 0.3) is 0 Å². The zero-order chi connectivity index (χ0) is 8.48. The third-order valence-corrected chi connectivity index (χ3v) is 2.33. The first kappa shape index (κ1) is 8.60. The molecule has 1 aliphatic rings. The van der Waals surface area contributed by atoms with Crippen molar-refractivity contribution in [3.8, 4) is 0 Å². The van der Waals surface area contributed by atoms with E-state index >= 15 is 0 Å². The first-order chi connectivity index (χ1) is 5.05. The van der Waals surface area contributed by atoms with Crippen LogP contribution >= 0.6 is 0 Å². The van der Waals surface area contributed by atoms with Gasteiger partial charge in [0.25, 0.3) is 0 Å². The van der Waals surface area contributed by atoms with Crippen molar-refractivity contribution in [2.75, 3.05) is 6.61 Å². The van der Waals surface area contributed by atoms with E-state index in [1.54, 1.807) is 6.92 Å². The maximum atomic E-state index is 9.90. The predicted molar refractivity (Wildman–Crippen MR) is 44.1 cm³/mol. The average Bonchev–Trinajstić information content (AvgIpc) is 2.37. The van der Waals surface area contributed by atoms with E-state index in [0.29, 0.717) is 0 Å². The first-order valence-electron chi connectivity index (χ1n) is 4.11. The highest BCUT2D eigenvalue weighted by molar-refractivity contribution is 5.12. The molecule has 1 unspecified atom stereocenters. The highest BCUT2D eigenvalue weighted by atomic mass is 16.5. The number of hydrogen-bond acceptors (Lipinski definition) is 2. The van der Waals surface area contributed by atoms with E-state index in [4.69, 9.17) is 4.74 Å². The lowest BCUT2D eigenvalue weighted by molar-refractivity contribution is -0.00211. The van der Waals surface area contributed by atoms with Crippen molar-refractivity contribution in [3.63, 3.8) is 0 Å². The fourth-order valence-electron chi connectivity index (χ4n) is 1.06. The Morgan fingerprint density at radius 3 is 2.64 bits per heavy atom. The summed E-state index contributed by atoms with van der Waals surface area (Å²) in [6, 6.07) is 0. The summed E-state index contributed by atoms with van der Waals surface area (Å²) < 4.78 is 5.29. The molecule has 2 heteroatoms. The molecule has 0 fully saturated rings. The summed E-state index contributed by atoms with van der Waals surface area (Å²) in [6.07, 6.45) is 2.90. The van der Waals surface area contributed by atoms with Gasteiger partial charge < -0.3 is 9.84 Å². The Hall–Kier alpha value is -0.500. The minimum absolute atomic E-state index is 0.201. The summed E-state index contributed by atoms with van der Waals surface area (Å²) in [6.45, 7) is 6.50. The van der Waals surface area contributed by atoms with E-state index in [0.717, 1.165) is 18.8 Å². The molecule has 0 radical (unpaired) electrons. The Bertz CT molecular complexity index is 168. The van der Waals surface area contributed by atoms with Crippen molar-refractivity contribution < 1.29 is 9.84 Å². The molecule has 1 aliphatic heterocycles. The molecular weight excluding hydrogens is 140 g/mol. The van der Waals surface area contributed by atoms with Gasteiger partial charge in [-0.1, -0.05) is 13.8 Å². The van der Waals surface area contributed by atoms with E-state index < -0.39 is 5.60 Å². The summed E-state index contributed by atoms with van der Waals surface area (Å²) in [5, 5.41) is 9.90. The van der Waals surface area contributed by atoms with Crippen molar-refractivity contribution in [3.05, 3.63) is 11.8 Å². The highest BCUT2D eigenvalue weighted by Crippen LogP contribution is 2.29. The number of aliphatic hydroxyl groups is 1. The molecule has 0 saturated heterocycles. The van der Waals surface area contributed by atoms with Gasteiger partial charge in [-0.2, -0.15) is 0 Å². The molecule has 0 spiro atoms. The fourth-order valence-corrected chi connectivity index (χ4v) is 1.06. The Kier molecular flexibility index (Phi) is 2.23. The van der Waals surface area contributed by atoms with Gasteiger partial charge in [0, 0.05) is 6.42 Å². The van der Waals surface area contributed by atoms with Gasteiger partial charge >= 0.3 is 0 Å². The van der Waals surface area contributed by atoms with Gasteiger partial charge in [0.1, 0.15) is 11.4 Å². The molecule has 11 heavy (non-hydrogen) atoms. The molecule has 0 amide bonds. The molecule has 0 aromatic carbocycles. The topological polar surface area (TPSA) is 29.5 Å². The summed E-state index contributed by atoms with van der Waals surface area (Å²) in [7, 11) is 0. The Morgan fingerprint density at radius 1 is 1.64 bits per heavy atom. The Balaban J connectivity index is 2.70. The quantitative estimate of drug-likeness (QED) is 0.659. The molecule has 0 aliphatic carbocycles. The molecule has 1 N–H and O–H groups in total. The third-order valence-electron chi connectivity index (χ3n) is 2.33. The summed E-state index contributed by atoms with van der Waals surface area (Å²) in [5.41, 5.74) is -0.781. The normalized spacial score (nSPS) is 22.8. The van der Waals surface area contributed by atoms with Crippen molar-refractivity contribution in [2.45, 2.75) is 32.8 Å². The number of hydrogen-bond donors (Lipinski definition) is 1. The Morgan fingerprint density at radius 2 is 2.27 bits per heavy atom.